The van der Waals surface area contributed by atoms with Crippen molar-refractivity contribution >= 4 is 29.0 Å². The number of alkyl halides is 3. The molecule has 0 unspecified atom stereocenters. The van der Waals surface area contributed by atoms with Crippen molar-refractivity contribution in [1.82, 2.24) is 14.9 Å². The Hall–Kier alpha value is -3.27. The number of thiazole rings is 1. The number of carbonyl (C=O) groups excluding carboxylic acids is 2. The van der Waals surface area contributed by atoms with E-state index in [-0.39, 0.29) is 18.4 Å². The van der Waals surface area contributed by atoms with Crippen LogP contribution in [0.15, 0.2) is 54.2 Å². The van der Waals surface area contributed by atoms with E-state index in [1.54, 1.807) is 23.2 Å². The van der Waals surface area contributed by atoms with E-state index in [0.29, 0.717) is 42.9 Å². The standard InChI is InChI=1S/C22H19F3N4O2S/c23-22(24,25)17-3-1-15(2-4-17)14-28-10-11-29(21(28)31)19-13-16(7-8-26-19)18(30)5-6-20-27-9-12-32-20/h1-4,7-9,12-13H,5-6,10-11,14H2. The second-order valence-corrected chi connectivity index (χ2v) is 8.28. The molecule has 0 spiro atoms. The zero-order chi connectivity index (χ0) is 22.7. The molecule has 0 radical (unpaired) electrons. The third kappa shape index (κ3) is 4.96. The van der Waals surface area contributed by atoms with Crippen molar-refractivity contribution < 1.29 is 22.8 Å². The summed E-state index contributed by atoms with van der Waals surface area (Å²) in [6.45, 7) is 0.979. The number of amides is 2. The predicted molar refractivity (Wildman–Crippen MR) is 114 cm³/mol. The molecule has 0 N–H and O–H groups in total. The highest BCUT2D eigenvalue weighted by Crippen LogP contribution is 2.29. The average Bonchev–Trinajstić information content (AvgIpc) is 3.42. The fraction of sp³-hybridized carbons (Fsp3) is 0.273. The zero-order valence-electron chi connectivity index (χ0n) is 16.9. The van der Waals surface area contributed by atoms with Crippen LogP contribution in [0.5, 0.6) is 0 Å². The van der Waals surface area contributed by atoms with Gasteiger partial charge in [-0.1, -0.05) is 12.1 Å². The Bertz CT molecular complexity index is 1100. The van der Waals surface area contributed by atoms with E-state index in [0.717, 1.165) is 17.1 Å². The molecule has 0 aliphatic carbocycles. The highest BCUT2D eigenvalue weighted by Gasteiger charge is 2.32. The highest BCUT2D eigenvalue weighted by atomic mass is 32.1. The maximum Gasteiger partial charge on any atom is 0.416 e. The number of Topliss-reactive ketones (excluding diaryl/α,β-unsaturated/α-hetero) is 1. The Balaban J connectivity index is 1.40. The van der Waals surface area contributed by atoms with E-state index in [1.807, 2.05) is 5.38 Å². The number of urea groups is 1. The van der Waals surface area contributed by atoms with Crippen LogP contribution in [0, 0.1) is 0 Å². The van der Waals surface area contributed by atoms with Crippen LogP contribution in [-0.4, -0.2) is 39.8 Å². The van der Waals surface area contributed by atoms with E-state index < -0.39 is 11.7 Å². The first-order chi connectivity index (χ1) is 15.3. The van der Waals surface area contributed by atoms with E-state index in [1.165, 1.54) is 34.6 Å². The summed E-state index contributed by atoms with van der Waals surface area (Å²) in [6, 6.07) is 7.69. The molecule has 1 aliphatic heterocycles. The fourth-order valence-electron chi connectivity index (χ4n) is 3.44. The molecule has 2 aromatic heterocycles. The minimum atomic E-state index is -4.40. The van der Waals surface area contributed by atoms with Crippen LogP contribution in [0.3, 0.4) is 0 Å². The zero-order valence-corrected chi connectivity index (χ0v) is 17.7. The second-order valence-electron chi connectivity index (χ2n) is 7.30. The number of halogens is 3. The smallest absolute Gasteiger partial charge is 0.318 e. The quantitative estimate of drug-likeness (QED) is 0.475. The number of carbonyl (C=O) groups is 2. The minimum absolute atomic E-state index is 0.0582. The van der Waals surface area contributed by atoms with Gasteiger partial charge in [0.2, 0.25) is 0 Å². The van der Waals surface area contributed by atoms with E-state index in [2.05, 4.69) is 9.97 Å². The Kier molecular flexibility index (Phi) is 6.22. The van der Waals surface area contributed by atoms with Gasteiger partial charge in [0.1, 0.15) is 5.82 Å². The third-order valence-electron chi connectivity index (χ3n) is 5.14. The van der Waals surface area contributed by atoms with Crippen molar-refractivity contribution in [3.63, 3.8) is 0 Å². The summed E-state index contributed by atoms with van der Waals surface area (Å²) in [5, 5.41) is 2.75. The van der Waals surface area contributed by atoms with Gasteiger partial charge in [0.05, 0.1) is 10.6 Å². The lowest BCUT2D eigenvalue weighted by Crippen LogP contribution is -2.32. The van der Waals surface area contributed by atoms with Crippen molar-refractivity contribution in [2.45, 2.75) is 25.6 Å². The summed E-state index contributed by atoms with van der Waals surface area (Å²) in [7, 11) is 0. The molecule has 1 saturated heterocycles. The molecule has 3 heterocycles. The van der Waals surface area contributed by atoms with Crippen LogP contribution in [0.2, 0.25) is 0 Å². The second kappa shape index (κ2) is 9.07. The van der Waals surface area contributed by atoms with Crippen molar-refractivity contribution in [2.24, 2.45) is 0 Å². The number of hydrogen-bond acceptors (Lipinski definition) is 5. The molecule has 0 saturated carbocycles. The molecule has 0 bridgehead atoms. The van der Waals surface area contributed by atoms with E-state index in [4.69, 9.17) is 0 Å². The van der Waals surface area contributed by atoms with Gasteiger partial charge in [0.25, 0.3) is 0 Å². The Morgan fingerprint density at radius 2 is 1.84 bits per heavy atom. The first-order valence-corrected chi connectivity index (χ1v) is 10.8. The summed E-state index contributed by atoms with van der Waals surface area (Å²) in [6.07, 6.45) is -0.335. The third-order valence-corrected chi connectivity index (χ3v) is 5.98. The molecule has 10 heteroatoms. The van der Waals surface area contributed by atoms with Crippen LogP contribution < -0.4 is 4.90 Å². The maximum atomic E-state index is 12.8. The van der Waals surface area contributed by atoms with Crippen LogP contribution in [-0.2, 0) is 19.1 Å². The van der Waals surface area contributed by atoms with Gasteiger partial charge in [-0.25, -0.2) is 14.8 Å². The molecule has 1 fully saturated rings. The van der Waals surface area contributed by atoms with Crippen LogP contribution in [0.25, 0.3) is 0 Å². The molecule has 2 amide bonds. The fourth-order valence-corrected chi connectivity index (χ4v) is 4.06. The number of aromatic nitrogens is 2. The normalized spacial score (nSPS) is 14.3. The van der Waals surface area contributed by atoms with E-state index >= 15 is 0 Å². The van der Waals surface area contributed by atoms with Gasteiger partial charge in [-0.3, -0.25) is 9.69 Å². The summed E-state index contributed by atoms with van der Waals surface area (Å²) in [5.41, 5.74) is 0.351. The lowest BCUT2D eigenvalue weighted by molar-refractivity contribution is -0.137. The van der Waals surface area contributed by atoms with Gasteiger partial charge in [0, 0.05) is 55.8 Å². The molecular weight excluding hydrogens is 441 g/mol. The SMILES string of the molecule is O=C(CCc1nccs1)c1ccnc(N2CCN(Cc3ccc(C(F)(F)F)cc3)C2=O)c1. The monoisotopic (exact) mass is 460 g/mol. The van der Waals surface area contributed by atoms with Gasteiger partial charge < -0.3 is 4.90 Å². The minimum Gasteiger partial charge on any atom is -0.318 e. The molecule has 0 atom stereocenters. The number of pyridine rings is 1. The molecule has 3 aromatic rings. The molecule has 4 rings (SSSR count). The Morgan fingerprint density at radius 1 is 1.06 bits per heavy atom. The number of hydrogen-bond donors (Lipinski definition) is 0. The van der Waals surface area contributed by atoms with Crippen LogP contribution in [0.1, 0.15) is 32.9 Å². The highest BCUT2D eigenvalue weighted by molar-refractivity contribution is 7.09. The van der Waals surface area contributed by atoms with Gasteiger partial charge in [0.15, 0.2) is 5.78 Å². The molecule has 1 aliphatic rings. The van der Waals surface area contributed by atoms with Crippen LogP contribution >= 0.6 is 11.3 Å². The van der Waals surface area contributed by atoms with Crippen molar-refractivity contribution in [2.75, 3.05) is 18.0 Å². The maximum absolute atomic E-state index is 12.8. The molecule has 1 aromatic carbocycles. The summed E-state index contributed by atoms with van der Waals surface area (Å²) in [5.74, 6) is 0.321. The molecule has 32 heavy (non-hydrogen) atoms. The summed E-state index contributed by atoms with van der Waals surface area (Å²) < 4.78 is 38.2. The number of anilines is 1. The summed E-state index contributed by atoms with van der Waals surface area (Å²) in [4.78, 5) is 36.8. The van der Waals surface area contributed by atoms with Gasteiger partial charge in [-0.05, 0) is 29.8 Å². The van der Waals surface area contributed by atoms with Crippen molar-refractivity contribution in [3.05, 3.63) is 75.9 Å². The molecule has 6 nitrogen and oxygen atoms in total. The number of benzene rings is 1. The Labute approximate surface area is 186 Å². The summed E-state index contributed by atoms with van der Waals surface area (Å²) >= 11 is 1.50. The van der Waals surface area contributed by atoms with Gasteiger partial charge in [-0.2, -0.15) is 13.2 Å². The average molecular weight is 460 g/mol. The lowest BCUT2D eigenvalue weighted by Gasteiger charge is -2.18. The van der Waals surface area contributed by atoms with Crippen molar-refractivity contribution in [3.8, 4) is 0 Å². The first-order valence-electron chi connectivity index (χ1n) is 9.91. The Morgan fingerprint density at radius 3 is 2.53 bits per heavy atom. The number of rotatable bonds is 7. The lowest BCUT2D eigenvalue weighted by atomic mass is 10.1. The van der Waals surface area contributed by atoms with Crippen molar-refractivity contribution in [1.29, 1.82) is 0 Å². The number of nitrogens with zero attached hydrogens (tertiary/aromatic N) is 4. The number of aryl methyl sites for hydroxylation is 1. The van der Waals surface area contributed by atoms with E-state index in [9.17, 15) is 22.8 Å². The number of ketones is 1. The first kappa shape index (κ1) is 21.9. The molecular formula is C22H19F3N4O2S. The topological polar surface area (TPSA) is 66.4 Å². The predicted octanol–water partition coefficient (Wildman–Crippen LogP) is 4.81. The molecule has 166 valence electrons. The van der Waals surface area contributed by atoms with Gasteiger partial charge in [-0.15, -0.1) is 11.3 Å². The van der Waals surface area contributed by atoms with Gasteiger partial charge >= 0.3 is 12.2 Å². The largest absolute Gasteiger partial charge is 0.416 e. The van der Waals surface area contributed by atoms with Crippen LogP contribution in [0.4, 0.5) is 23.8 Å².